The zero-order valence-electron chi connectivity index (χ0n) is 11.8. The number of carbonyl (C=O) groups excluding carboxylic acids is 1. The first-order chi connectivity index (χ1) is 8.86. The summed E-state index contributed by atoms with van der Waals surface area (Å²) in [5.74, 6) is 0.333. The van der Waals surface area contributed by atoms with Gasteiger partial charge in [0.05, 0.1) is 6.10 Å². The van der Waals surface area contributed by atoms with Gasteiger partial charge in [-0.15, -0.1) is 11.3 Å². The second-order valence-corrected chi connectivity index (χ2v) is 5.58. The molecule has 0 spiro atoms. The fourth-order valence-corrected chi connectivity index (χ4v) is 2.41. The minimum absolute atomic E-state index is 0.0141. The van der Waals surface area contributed by atoms with E-state index >= 15 is 0 Å². The normalized spacial score (nSPS) is 10.4. The standard InChI is InChI=1S/C13H21N3O2S/c1-7(2)6-16-13-10(18-8(3)4)9(14)11(19-13)12(17)15-5/h8,16H,1,6,14H2,2-5H3,(H,15,17). The Balaban J connectivity index is 3.11. The van der Waals surface area contributed by atoms with E-state index in [-0.39, 0.29) is 12.0 Å². The van der Waals surface area contributed by atoms with Crippen LogP contribution in [0.4, 0.5) is 10.7 Å². The Morgan fingerprint density at radius 3 is 2.63 bits per heavy atom. The molecule has 0 unspecified atom stereocenters. The van der Waals surface area contributed by atoms with Crippen LogP contribution in [0.5, 0.6) is 5.75 Å². The first kappa shape index (κ1) is 15.4. The number of anilines is 2. The molecule has 1 rings (SSSR count). The van der Waals surface area contributed by atoms with Crippen LogP contribution in [0.2, 0.25) is 0 Å². The Labute approximate surface area is 117 Å². The van der Waals surface area contributed by atoms with E-state index in [1.54, 1.807) is 7.05 Å². The van der Waals surface area contributed by atoms with Gasteiger partial charge in [0.15, 0.2) is 5.75 Å². The number of nitrogens with one attached hydrogen (secondary N) is 2. The predicted octanol–water partition coefficient (Wildman–Crippen LogP) is 2.47. The number of rotatable bonds is 6. The van der Waals surface area contributed by atoms with Gasteiger partial charge in [0.25, 0.3) is 5.91 Å². The highest BCUT2D eigenvalue weighted by Gasteiger charge is 2.22. The van der Waals surface area contributed by atoms with Gasteiger partial charge in [-0.05, 0) is 20.8 Å². The summed E-state index contributed by atoms with van der Waals surface area (Å²) in [6, 6.07) is 0. The summed E-state index contributed by atoms with van der Waals surface area (Å²) in [6.45, 7) is 10.2. The minimum Gasteiger partial charge on any atom is -0.486 e. The van der Waals surface area contributed by atoms with Gasteiger partial charge < -0.3 is 21.1 Å². The van der Waals surface area contributed by atoms with Crippen molar-refractivity contribution in [2.75, 3.05) is 24.6 Å². The van der Waals surface area contributed by atoms with Gasteiger partial charge >= 0.3 is 0 Å². The van der Waals surface area contributed by atoms with Crippen molar-refractivity contribution >= 4 is 27.9 Å². The molecule has 0 fully saturated rings. The molecule has 19 heavy (non-hydrogen) atoms. The van der Waals surface area contributed by atoms with Gasteiger partial charge in [-0.1, -0.05) is 12.2 Å². The smallest absolute Gasteiger partial charge is 0.263 e. The molecule has 106 valence electrons. The van der Waals surface area contributed by atoms with E-state index in [2.05, 4.69) is 17.2 Å². The highest BCUT2D eigenvalue weighted by atomic mass is 32.1. The fourth-order valence-electron chi connectivity index (χ4n) is 1.41. The van der Waals surface area contributed by atoms with Crippen LogP contribution < -0.4 is 21.1 Å². The maximum Gasteiger partial charge on any atom is 0.263 e. The lowest BCUT2D eigenvalue weighted by Crippen LogP contribution is -2.17. The van der Waals surface area contributed by atoms with E-state index in [1.807, 2.05) is 20.8 Å². The van der Waals surface area contributed by atoms with Gasteiger partial charge in [-0.3, -0.25) is 4.79 Å². The van der Waals surface area contributed by atoms with Gasteiger partial charge in [-0.25, -0.2) is 0 Å². The second kappa shape index (κ2) is 6.47. The average Bonchev–Trinajstić information content (AvgIpc) is 2.63. The zero-order chi connectivity index (χ0) is 14.6. The Hall–Kier alpha value is -1.69. The van der Waals surface area contributed by atoms with E-state index in [0.29, 0.717) is 22.9 Å². The van der Waals surface area contributed by atoms with Gasteiger partial charge in [0.1, 0.15) is 15.6 Å². The maximum atomic E-state index is 11.7. The molecule has 0 saturated heterocycles. The molecule has 0 radical (unpaired) electrons. The summed E-state index contributed by atoms with van der Waals surface area (Å²) in [5.41, 5.74) is 7.36. The molecule has 6 heteroatoms. The fraction of sp³-hybridized carbons (Fsp3) is 0.462. The topological polar surface area (TPSA) is 76.4 Å². The molecule has 1 heterocycles. The summed E-state index contributed by atoms with van der Waals surface area (Å²) in [7, 11) is 1.57. The number of thiophene rings is 1. The van der Waals surface area contributed by atoms with E-state index in [0.717, 1.165) is 10.6 Å². The highest BCUT2D eigenvalue weighted by molar-refractivity contribution is 7.19. The van der Waals surface area contributed by atoms with E-state index in [9.17, 15) is 4.79 Å². The van der Waals surface area contributed by atoms with Gasteiger partial charge in [0.2, 0.25) is 0 Å². The first-order valence-electron chi connectivity index (χ1n) is 6.06. The van der Waals surface area contributed by atoms with E-state index < -0.39 is 0 Å². The average molecular weight is 283 g/mol. The molecular weight excluding hydrogens is 262 g/mol. The van der Waals surface area contributed by atoms with Crippen LogP contribution in [0.25, 0.3) is 0 Å². The third-order valence-electron chi connectivity index (χ3n) is 2.24. The van der Waals surface area contributed by atoms with Crippen LogP contribution in [0.15, 0.2) is 12.2 Å². The molecule has 1 aromatic rings. The van der Waals surface area contributed by atoms with Gasteiger partial charge in [0, 0.05) is 13.6 Å². The Morgan fingerprint density at radius 2 is 2.16 bits per heavy atom. The summed E-state index contributed by atoms with van der Waals surface area (Å²) in [4.78, 5) is 12.2. The van der Waals surface area contributed by atoms with Crippen molar-refractivity contribution in [2.45, 2.75) is 26.9 Å². The van der Waals surface area contributed by atoms with Crippen molar-refractivity contribution in [2.24, 2.45) is 0 Å². The molecule has 5 nitrogen and oxygen atoms in total. The lowest BCUT2D eigenvalue weighted by atomic mass is 10.3. The first-order valence-corrected chi connectivity index (χ1v) is 6.87. The molecule has 0 aromatic carbocycles. The molecule has 0 atom stereocenters. The predicted molar refractivity (Wildman–Crippen MR) is 81.2 cm³/mol. The molecule has 0 saturated carbocycles. The largest absolute Gasteiger partial charge is 0.486 e. The quantitative estimate of drug-likeness (QED) is 0.701. The minimum atomic E-state index is -0.209. The monoisotopic (exact) mass is 283 g/mol. The molecule has 4 N–H and O–H groups in total. The van der Waals surface area contributed by atoms with Crippen LogP contribution in [0.3, 0.4) is 0 Å². The van der Waals surface area contributed by atoms with Gasteiger partial charge in [-0.2, -0.15) is 0 Å². The number of carbonyl (C=O) groups is 1. The number of amides is 1. The van der Waals surface area contributed by atoms with E-state index in [1.165, 1.54) is 11.3 Å². The number of ether oxygens (including phenoxy) is 1. The molecule has 0 aliphatic rings. The third kappa shape index (κ3) is 3.89. The summed E-state index contributed by atoms with van der Waals surface area (Å²) in [6.07, 6.45) is -0.0141. The zero-order valence-corrected chi connectivity index (χ0v) is 12.6. The van der Waals surface area contributed by atoms with Crippen molar-refractivity contribution in [3.8, 4) is 5.75 Å². The second-order valence-electron chi connectivity index (χ2n) is 4.56. The van der Waals surface area contributed by atoms with Crippen molar-refractivity contribution in [3.05, 3.63) is 17.0 Å². The number of hydrogen-bond acceptors (Lipinski definition) is 5. The lowest BCUT2D eigenvalue weighted by Gasteiger charge is -2.12. The molecule has 1 aromatic heterocycles. The summed E-state index contributed by atoms with van der Waals surface area (Å²) < 4.78 is 5.70. The maximum absolute atomic E-state index is 11.7. The summed E-state index contributed by atoms with van der Waals surface area (Å²) >= 11 is 1.29. The highest BCUT2D eigenvalue weighted by Crippen LogP contribution is 2.43. The molecule has 0 aliphatic heterocycles. The third-order valence-corrected chi connectivity index (χ3v) is 3.38. The summed E-state index contributed by atoms with van der Waals surface area (Å²) in [5, 5.41) is 6.52. The van der Waals surface area contributed by atoms with Crippen LogP contribution in [-0.4, -0.2) is 25.6 Å². The van der Waals surface area contributed by atoms with Crippen LogP contribution in [0.1, 0.15) is 30.4 Å². The molecule has 1 amide bonds. The Kier molecular flexibility index (Phi) is 5.23. The Bertz CT molecular complexity index is 480. The lowest BCUT2D eigenvalue weighted by molar-refractivity contribution is 0.0967. The van der Waals surface area contributed by atoms with Crippen molar-refractivity contribution < 1.29 is 9.53 Å². The van der Waals surface area contributed by atoms with Crippen LogP contribution >= 0.6 is 11.3 Å². The molecule has 0 aliphatic carbocycles. The molecule has 0 bridgehead atoms. The Morgan fingerprint density at radius 1 is 1.53 bits per heavy atom. The van der Waals surface area contributed by atoms with Crippen molar-refractivity contribution in [3.63, 3.8) is 0 Å². The van der Waals surface area contributed by atoms with Crippen molar-refractivity contribution in [1.82, 2.24) is 5.32 Å². The van der Waals surface area contributed by atoms with Crippen molar-refractivity contribution in [1.29, 1.82) is 0 Å². The number of nitrogens with two attached hydrogens (primary N) is 1. The van der Waals surface area contributed by atoms with Crippen LogP contribution in [0, 0.1) is 0 Å². The molecular formula is C13H21N3O2S. The number of hydrogen-bond donors (Lipinski definition) is 3. The number of nitrogen functional groups attached to an aromatic ring is 1. The van der Waals surface area contributed by atoms with Crippen LogP contribution in [-0.2, 0) is 0 Å². The van der Waals surface area contributed by atoms with E-state index in [4.69, 9.17) is 10.5 Å². The SMILES string of the molecule is C=C(C)CNc1sc(C(=O)NC)c(N)c1OC(C)C.